The molecule has 92 valence electrons. The first-order valence-corrected chi connectivity index (χ1v) is 5.29. The Bertz CT molecular complexity index is 464. The predicted molar refractivity (Wildman–Crippen MR) is 55.6 cm³/mol. The van der Waals surface area contributed by atoms with Crippen LogP contribution in [0.5, 0.6) is 0 Å². The van der Waals surface area contributed by atoms with E-state index in [1.807, 2.05) is 0 Å². The van der Waals surface area contributed by atoms with Crippen molar-refractivity contribution in [3.05, 3.63) is 23.8 Å². The number of anilines is 1. The predicted octanol–water partition coefficient (Wildman–Crippen LogP) is 2.60. The number of hydrazine groups is 1. The molecule has 17 heavy (non-hydrogen) atoms. The maximum atomic E-state index is 12.2. The minimum Gasteiger partial charge on any atom is -0.478 e. The molecular weight excluding hydrogens is 257 g/mol. The number of carboxylic acids is 1. The van der Waals surface area contributed by atoms with Crippen LogP contribution in [0.2, 0.25) is 0 Å². The molecule has 1 aromatic carbocycles. The van der Waals surface area contributed by atoms with Gasteiger partial charge in [0.2, 0.25) is 0 Å². The molecule has 2 N–H and O–H groups in total. The topological polar surface area (TPSA) is 52.6 Å². The molecule has 1 aliphatic heterocycles. The minimum absolute atomic E-state index is 0.00956. The molecule has 1 aliphatic rings. The van der Waals surface area contributed by atoms with Gasteiger partial charge in [0.25, 0.3) is 0 Å². The van der Waals surface area contributed by atoms with Gasteiger partial charge in [0.1, 0.15) is 6.54 Å². The van der Waals surface area contributed by atoms with E-state index in [-0.39, 0.29) is 5.56 Å². The van der Waals surface area contributed by atoms with Gasteiger partial charge >= 0.3 is 12.1 Å². The number of aromatic carboxylic acids is 1. The molecule has 0 saturated heterocycles. The van der Waals surface area contributed by atoms with E-state index in [9.17, 15) is 18.0 Å². The van der Waals surface area contributed by atoms with Crippen molar-refractivity contribution in [2.75, 3.05) is 12.0 Å². The highest BCUT2D eigenvalue weighted by molar-refractivity contribution is 7.97. The summed E-state index contributed by atoms with van der Waals surface area (Å²) in [6.07, 6.45) is -4.34. The maximum absolute atomic E-state index is 12.2. The third-order valence-electron chi connectivity index (χ3n) is 2.01. The highest BCUT2D eigenvalue weighted by Gasteiger charge is 2.35. The number of hydrogen-bond acceptors (Lipinski definition) is 4. The molecule has 0 bridgehead atoms. The van der Waals surface area contributed by atoms with Crippen LogP contribution in [0.3, 0.4) is 0 Å². The number of hydrogen-bond donors (Lipinski definition) is 2. The summed E-state index contributed by atoms with van der Waals surface area (Å²) in [7, 11) is 0. The molecule has 4 nitrogen and oxygen atoms in total. The van der Waals surface area contributed by atoms with E-state index >= 15 is 0 Å². The first kappa shape index (κ1) is 12.1. The summed E-state index contributed by atoms with van der Waals surface area (Å²) in [5.41, 5.74) is 2.86. The molecule has 0 amide bonds. The van der Waals surface area contributed by atoms with Crippen LogP contribution < -0.4 is 5.43 Å². The minimum atomic E-state index is -4.34. The van der Waals surface area contributed by atoms with Gasteiger partial charge in [-0.25, -0.2) is 4.79 Å². The molecule has 0 atom stereocenters. The van der Waals surface area contributed by atoms with E-state index < -0.39 is 18.7 Å². The van der Waals surface area contributed by atoms with Crippen LogP contribution in [0, 0.1) is 0 Å². The van der Waals surface area contributed by atoms with Crippen molar-refractivity contribution in [3.8, 4) is 0 Å². The Kier molecular flexibility index (Phi) is 2.92. The largest absolute Gasteiger partial charge is 0.478 e. The smallest absolute Gasteiger partial charge is 0.404 e. The van der Waals surface area contributed by atoms with Crippen LogP contribution in [0.4, 0.5) is 18.9 Å². The van der Waals surface area contributed by atoms with Gasteiger partial charge in [-0.2, -0.15) is 17.6 Å². The first-order valence-electron chi connectivity index (χ1n) is 4.52. The summed E-state index contributed by atoms with van der Waals surface area (Å²) in [6.45, 7) is -1.16. The number of alkyl halides is 3. The normalized spacial score (nSPS) is 15.5. The number of nitrogens with zero attached hydrogens (tertiary/aromatic N) is 1. The van der Waals surface area contributed by atoms with Crippen LogP contribution in [0.25, 0.3) is 0 Å². The van der Waals surface area contributed by atoms with E-state index in [2.05, 4.69) is 5.43 Å². The molecule has 1 heterocycles. The molecule has 0 aromatic heterocycles. The quantitative estimate of drug-likeness (QED) is 0.804. The van der Waals surface area contributed by atoms with Gasteiger partial charge in [0, 0.05) is 0 Å². The summed E-state index contributed by atoms with van der Waals surface area (Å²) >= 11 is 0.739. The Morgan fingerprint density at radius 2 is 2.18 bits per heavy atom. The number of carboxylic acid groups (broad SMARTS) is 1. The Hall–Kier alpha value is -1.41. The Morgan fingerprint density at radius 3 is 2.76 bits per heavy atom. The van der Waals surface area contributed by atoms with Crippen molar-refractivity contribution in [3.63, 3.8) is 0 Å². The summed E-state index contributed by atoms with van der Waals surface area (Å²) < 4.78 is 37.4. The number of halogens is 3. The number of fused-ring (bicyclic) bond motifs is 1. The fraction of sp³-hybridized carbons (Fsp3) is 0.222. The molecule has 0 fully saturated rings. The molecular formula is C9H7F3N2O2S. The van der Waals surface area contributed by atoms with E-state index in [4.69, 9.17) is 5.11 Å². The lowest BCUT2D eigenvalue weighted by molar-refractivity contribution is -0.133. The molecule has 0 radical (unpaired) electrons. The number of rotatable bonds is 2. The highest BCUT2D eigenvalue weighted by Crippen LogP contribution is 2.41. The summed E-state index contributed by atoms with van der Waals surface area (Å²) in [4.78, 5) is 11.2. The molecule has 0 unspecified atom stereocenters. The zero-order valence-corrected chi connectivity index (χ0v) is 9.10. The summed E-state index contributed by atoms with van der Waals surface area (Å²) in [5, 5.41) is 8.89. The Morgan fingerprint density at radius 1 is 1.47 bits per heavy atom. The lowest BCUT2D eigenvalue weighted by atomic mass is 10.2. The van der Waals surface area contributed by atoms with Crippen molar-refractivity contribution in [1.82, 2.24) is 4.41 Å². The standard InChI is InChI=1S/C9H7F3N2O2S/c10-9(11,12)4-14-13-6-3-1-2-5(8(15)16)7(6)17-14/h1-3,13H,4H2,(H,15,16). The molecule has 8 heteroatoms. The van der Waals surface area contributed by atoms with Crippen LogP contribution in [-0.2, 0) is 0 Å². The second kappa shape index (κ2) is 4.11. The Labute approximate surface area is 98.5 Å². The average molecular weight is 264 g/mol. The third kappa shape index (κ3) is 2.64. The van der Waals surface area contributed by atoms with E-state index in [0.29, 0.717) is 10.6 Å². The second-order valence-corrected chi connectivity index (χ2v) is 4.37. The zero-order chi connectivity index (χ0) is 12.6. The van der Waals surface area contributed by atoms with Crippen molar-refractivity contribution in [2.24, 2.45) is 0 Å². The zero-order valence-electron chi connectivity index (χ0n) is 8.28. The van der Waals surface area contributed by atoms with Crippen molar-refractivity contribution in [2.45, 2.75) is 11.1 Å². The monoisotopic (exact) mass is 264 g/mol. The van der Waals surface area contributed by atoms with Crippen LogP contribution in [-0.4, -0.2) is 28.2 Å². The fourth-order valence-corrected chi connectivity index (χ4v) is 2.43. The van der Waals surface area contributed by atoms with Gasteiger partial charge in [-0.3, -0.25) is 0 Å². The van der Waals surface area contributed by atoms with Crippen LogP contribution >= 0.6 is 11.9 Å². The number of carbonyl (C=O) groups is 1. The van der Waals surface area contributed by atoms with Gasteiger partial charge in [0.05, 0.1) is 16.1 Å². The SMILES string of the molecule is O=C(O)c1cccc2c1SN(CC(F)(F)F)N2. The first-order chi connectivity index (χ1) is 7.87. The number of nitrogens with one attached hydrogen (secondary N) is 1. The van der Waals surface area contributed by atoms with E-state index in [0.717, 1.165) is 16.4 Å². The molecule has 0 saturated carbocycles. The lowest BCUT2D eigenvalue weighted by Gasteiger charge is -2.16. The van der Waals surface area contributed by atoms with Crippen LogP contribution in [0.15, 0.2) is 23.1 Å². The fourth-order valence-electron chi connectivity index (χ4n) is 1.39. The maximum Gasteiger partial charge on any atom is 0.404 e. The Balaban J connectivity index is 2.22. The van der Waals surface area contributed by atoms with Gasteiger partial charge in [-0.05, 0) is 24.1 Å². The van der Waals surface area contributed by atoms with E-state index in [1.54, 1.807) is 0 Å². The second-order valence-electron chi connectivity index (χ2n) is 3.34. The van der Waals surface area contributed by atoms with Gasteiger partial charge < -0.3 is 10.5 Å². The highest BCUT2D eigenvalue weighted by atomic mass is 32.2. The average Bonchev–Trinajstić information content (AvgIpc) is 2.55. The van der Waals surface area contributed by atoms with Gasteiger partial charge in [-0.1, -0.05) is 6.07 Å². The van der Waals surface area contributed by atoms with Crippen molar-refractivity contribution >= 4 is 23.6 Å². The van der Waals surface area contributed by atoms with Gasteiger partial charge in [0.15, 0.2) is 0 Å². The summed E-state index contributed by atoms with van der Waals surface area (Å²) in [6, 6.07) is 4.37. The lowest BCUT2D eigenvalue weighted by Crippen LogP contribution is -2.30. The van der Waals surface area contributed by atoms with Gasteiger partial charge in [-0.15, -0.1) is 0 Å². The summed E-state index contributed by atoms with van der Waals surface area (Å²) in [5.74, 6) is -1.16. The number of benzene rings is 1. The van der Waals surface area contributed by atoms with E-state index in [1.165, 1.54) is 18.2 Å². The van der Waals surface area contributed by atoms with Crippen LogP contribution in [0.1, 0.15) is 10.4 Å². The molecule has 0 spiro atoms. The molecule has 0 aliphatic carbocycles. The van der Waals surface area contributed by atoms with Crippen molar-refractivity contribution in [1.29, 1.82) is 0 Å². The third-order valence-corrected chi connectivity index (χ3v) is 3.08. The van der Waals surface area contributed by atoms with Crippen molar-refractivity contribution < 1.29 is 23.1 Å². The molecule has 2 rings (SSSR count). The molecule has 1 aromatic rings.